The van der Waals surface area contributed by atoms with Gasteiger partial charge in [-0.3, -0.25) is 14.6 Å². The van der Waals surface area contributed by atoms with Crippen molar-refractivity contribution in [2.75, 3.05) is 38.0 Å². The number of nitrogens with one attached hydrogen (secondary N) is 2. The number of amides is 2. The van der Waals surface area contributed by atoms with E-state index in [1.54, 1.807) is 11.0 Å². The summed E-state index contributed by atoms with van der Waals surface area (Å²) in [5, 5.41) is 6.17. The van der Waals surface area contributed by atoms with Crippen LogP contribution in [0.25, 0.3) is 0 Å². The molecule has 4 N–H and O–H groups in total. The molecular weight excluding hydrogens is 246 g/mol. The van der Waals surface area contributed by atoms with Crippen molar-refractivity contribution in [1.82, 2.24) is 15.2 Å². The van der Waals surface area contributed by atoms with Crippen LogP contribution in [0.1, 0.15) is 10.5 Å². The fraction of sp³-hybridized carbons (Fsp3) is 0.417. The first kappa shape index (κ1) is 13.3. The van der Waals surface area contributed by atoms with Gasteiger partial charge in [0.2, 0.25) is 5.91 Å². The van der Waals surface area contributed by atoms with Gasteiger partial charge in [0.25, 0.3) is 5.91 Å². The fourth-order valence-electron chi connectivity index (χ4n) is 1.88. The van der Waals surface area contributed by atoms with Crippen molar-refractivity contribution in [3.05, 3.63) is 24.0 Å². The van der Waals surface area contributed by atoms with Crippen LogP contribution in [0.5, 0.6) is 0 Å². The molecule has 2 amide bonds. The van der Waals surface area contributed by atoms with Crippen molar-refractivity contribution in [1.29, 1.82) is 0 Å². The number of carbonyl (C=O) groups excluding carboxylic acids is 2. The largest absolute Gasteiger partial charge is 0.376 e. The molecule has 0 aliphatic carbocycles. The molecule has 1 fully saturated rings. The molecule has 102 valence electrons. The molecule has 1 aliphatic heterocycles. The first-order chi connectivity index (χ1) is 9.16. The van der Waals surface area contributed by atoms with Gasteiger partial charge in [-0.15, -0.1) is 0 Å². The Balaban J connectivity index is 1.89. The fourth-order valence-corrected chi connectivity index (χ4v) is 1.88. The summed E-state index contributed by atoms with van der Waals surface area (Å²) in [7, 11) is 0. The van der Waals surface area contributed by atoms with Gasteiger partial charge in [0.15, 0.2) is 0 Å². The first-order valence-corrected chi connectivity index (χ1v) is 6.15. The van der Waals surface area contributed by atoms with E-state index in [1.165, 1.54) is 12.3 Å². The zero-order valence-electron chi connectivity index (χ0n) is 10.6. The zero-order chi connectivity index (χ0) is 13.7. The topological polar surface area (TPSA) is 100 Å². The second-order valence-electron chi connectivity index (χ2n) is 4.28. The Morgan fingerprint density at radius 3 is 2.84 bits per heavy atom. The number of nitrogens with zero attached hydrogens (tertiary/aromatic N) is 2. The third-order valence-corrected chi connectivity index (χ3v) is 2.93. The maximum absolute atomic E-state index is 11.9. The molecule has 1 aromatic heterocycles. The number of pyridine rings is 1. The van der Waals surface area contributed by atoms with Gasteiger partial charge in [-0.05, 0) is 12.1 Å². The number of rotatable bonds is 4. The summed E-state index contributed by atoms with van der Waals surface area (Å²) < 4.78 is 0. The molecule has 0 saturated carbocycles. The smallest absolute Gasteiger partial charge is 0.267 e. The van der Waals surface area contributed by atoms with Crippen LogP contribution in [-0.4, -0.2) is 54.4 Å². The molecule has 0 unspecified atom stereocenters. The van der Waals surface area contributed by atoms with E-state index in [0.29, 0.717) is 5.69 Å². The van der Waals surface area contributed by atoms with E-state index in [9.17, 15) is 9.59 Å². The molecule has 0 spiro atoms. The highest BCUT2D eigenvalue weighted by molar-refractivity contribution is 5.91. The first-order valence-electron chi connectivity index (χ1n) is 6.15. The maximum Gasteiger partial charge on any atom is 0.267 e. The third kappa shape index (κ3) is 3.65. The summed E-state index contributed by atoms with van der Waals surface area (Å²) in [6.45, 7) is 3.30. The molecule has 0 radical (unpaired) electrons. The second kappa shape index (κ2) is 6.14. The van der Waals surface area contributed by atoms with E-state index in [2.05, 4.69) is 15.6 Å². The highest BCUT2D eigenvalue weighted by Gasteiger charge is 2.15. The van der Waals surface area contributed by atoms with Crippen LogP contribution in [0.4, 0.5) is 5.69 Å². The second-order valence-corrected chi connectivity index (χ2v) is 4.28. The monoisotopic (exact) mass is 263 g/mol. The summed E-state index contributed by atoms with van der Waals surface area (Å²) in [5.41, 5.74) is 5.98. The molecule has 1 aromatic rings. The molecule has 2 heterocycles. The van der Waals surface area contributed by atoms with Gasteiger partial charge in [-0.1, -0.05) is 0 Å². The molecular formula is C12H17N5O2. The molecule has 1 saturated heterocycles. The van der Waals surface area contributed by atoms with Crippen molar-refractivity contribution >= 4 is 17.5 Å². The summed E-state index contributed by atoms with van der Waals surface area (Å²) in [6, 6.07) is 3.23. The SMILES string of the molecule is NC(=O)c1cc(NCC(=O)N2CCNCC2)ccn1. The van der Waals surface area contributed by atoms with Gasteiger partial charge in [-0.25, -0.2) is 0 Å². The number of piperazine rings is 1. The number of primary amides is 1. The number of nitrogens with two attached hydrogens (primary N) is 1. The molecule has 7 heteroatoms. The number of carbonyl (C=O) groups is 2. The number of anilines is 1. The average molecular weight is 263 g/mol. The van der Waals surface area contributed by atoms with Crippen LogP contribution in [-0.2, 0) is 4.79 Å². The molecule has 0 atom stereocenters. The van der Waals surface area contributed by atoms with Gasteiger partial charge in [0, 0.05) is 38.1 Å². The van der Waals surface area contributed by atoms with Gasteiger partial charge >= 0.3 is 0 Å². The Morgan fingerprint density at radius 1 is 1.42 bits per heavy atom. The van der Waals surface area contributed by atoms with Gasteiger partial charge in [-0.2, -0.15) is 0 Å². The Labute approximate surface area is 111 Å². The normalized spacial score (nSPS) is 15.1. The van der Waals surface area contributed by atoms with Crippen molar-refractivity contribution in [2.45, 2.75) is 0 Å². The minimum Gasteiger partial charge on any atom is -0.376 e. The predicted molar refractivity (Wildman–Crippen MR) is 70.7 cm³/mol. The quantitative estimate of drug-likeness (QED) is 0.648. The molecule has 19 heavy (non-hydrogen) atoms. The number of aromatic nitrogens is 1. The van der Waals surface area contributed by atoms with Crippen molar-refractivity contribution in [2.24, 2.45) is 5.73 Å². The van der Waals surface area contributed by atoms with E-state index in [-0.39, 0.29) is 18.1 Å². The van der Waals surface area contributed by atoms with E-state index < -0.39 is 5.91 Å². The number of hydrogen-bond acceptors (Lipinski definition) is 5. The van der Waals surface area contributed by atoms with Crippen LogP contribution in [0.15, 0.2) is 18.3 Å². The van der Waals surface area contributed by atoms with Crippen molar-refractivity contribution < 1.29 is 9.59 Å². The number of hydrogen-bond donors (Lipinski definition) is 3. The molecule has 0 aromatic carbocycles. The van der Waals surface area contributed by atoms with E-state index >= 15 is 0 Å². The van der Waals surface area contributed by atoms with Crippen LogP contribution in [0, 0.1) is 0 Å². The van der Waals surface area contributed by atoms with Crippen LogP contribution in [0.3, 0.4) is 0 Å². The Hall–Kier alpha value is -2.15. The Kier molecular flexibility index (Phi) is 4.30. The van der Waals surface area contributed by atoms with E-state index in [1.807, 2.05) is 0 Å². The van der Waals surface area contributed by atoms with Gasteiger partial charge in [0.1, 0.15) is 5.69 Å². The lowest BCUT2D eigenvalue weighted by molar-refractivity contribution is -0.129. The highest BCUT2D eigenvalue weighted by atomic mass is 16.2. The summed E-state index contributed by atoms with van der Waals surface area (Å²) in [5.74, 6) is -0.545. The van der Waals surface area contributed by atoms with Crippen molar-refractivity contribution in [3.8, 4) is 0 Å². The highest BCUT2D eigenvalue weighted by Crippen LogP contribution is 2.07. The Bertz CT molecular complexity index is 471. The van der Waals surface area contributed by atoms with Crippen molar-refractivity contribution in [3.63, 3.8) is 0 Å². The minimum absolute atomic E-state index is 0.0407. The van der Waals surface area contributed by atoms with Crippen LogP contribution in [0.2, 0.25) is 0 Å². The van der Waals surface area contributed by atoms with E-state index in [4.69, 9.17) is 5.73 Å². The van der Waals surface area contributed by atoms with Gasteiger partial charge < -0.3 is 21.3 Å². The van der Waals surface area contributed by atoms with Gasteiger partial charge in [0.05, 0.1) is 6.54 Å². The molecule has 7 nitrogen and oxygen atoms in total. The average Bonchev–Trinajstić information content (AvgIpc) is 2.46. The molecule has 1 aliphatic rings. The van der Waals surface area contributed by atoms with E-state index in [0.717, 1.165) is 26.2 Å². The standard InChI is InChI=1S/C12H17N5O2/c13-12(19)10-7-9(1-2-15-10)16-8-11(18)17-5-3-14-4-6-17/h1-2,7,14H,3-6,8H2,(H2,13,19)(H,15,16). The summed E-state index contributed by atoms with van der Waals surface area (Å²) >= 11 is 0. The third-order valence-electron chi connectivity index (χ3n) is 2.93. The van der Waals surface area contributed by atoms with Crippen LogP contribution < -0.4 is 16.4 Å². The maximum atomic E-state index is 11.9. The van der Waals surface area contributed by atoms with Crippen LogP contribution >= 0.6 is 0 Å². The lowest BCUT2D eigenvalue weighted by Gasteiger charge is -2.27. The zero-order valence-corrected chi connectivity index (χ0v) is 10.6. The molecule has 0 bridgehead atoms. The summed E-state index contributed by atoms with van der Waals surface area (Å²) in [4.78, 5) is 28.6. The summed E-state index contributed by atoms with van der Waals surface area (Å²) in [6.07, 6.45) is 1.48. The Morgan fingerprint density at radius 2 is 2.16 bits per heavy atom. The molecule has 2 rings (SSSR count). The predicted octanol–water partition coefficient (Wildman–Crippen LogP) is -0.976. The minimum atomic E-state index is -0.586. The lowest BCUT2D eigenvalue weighted by Crippen LogP contribution is -2.48. The lowest BCUT2D eigenvalue weighted by atomic mass is 10.3.